The summed E-state index contributed by atoms with van der Waals surface area (Å²) >= 11 is 0. The number of phenols is 1. The van der Waals surface area contributed by atoms with Gasteiger partial charge in [-0.15, -0.1) is 0 Å². The quantitative estimate of drug-likeness (QED) is 0.801. The fourth-order valence-corrected chi connectivity index (χ4v) is 2.19. The molecule has 0 spiro atoms. The van der Waals surface area contributed by atoms with E-state index < -0.39 is 17.5 Å². The molecule has 4 heteroatoms. The Morgan fingerprint density at radius 2 is 1.65 bits per heavy atom. The normalized spacial score (nSPS) is 11.9. The van der Waals surface area contributed by atoms with E-state index in [1.165, 1.54) is 6.07 Å². The Kier molecular flexibility index (Phi) is 3.75. The molecule has 0 aliphatic rings. The molecule has 106 valence electrons. The smallest absolute Gasteiger partial charge is 0.419 e. The molecule has 2 rings (SSSR count). The van der Waals surface area contributed by atoms with Crippen LogP contribution in [-0.4, -0.2) is 5.11 Å². The number of hydrogen-bond acceptors (Lipinski definition) is 1. The lowest BCUT2D eigenvalue weighted by molar-refractivity contribution is -0.138. The van der Waals surface area contributed by atoms with E-state index in [1.54, 1.807) is 12.1 Å². The van der Waals surface area contributed by atoms with E-state index in [-0.39, 0.29) is 5.92 Å². The first-order valence-electron chi connectivity index (χ1n) is 6.30. The fraction of sp³-hybridized carbons (Fsp3) is 0.250. The third-order valence-electron chi connectivity index (χ3n) is 3.20. The maximum Gasteiger partial charge on any atom is 0.419 e. The van der Waals surface area contributed by atoms with E-state index in [2.05, 4.69) is 0 Å². The Bertz CT molecular complexity index is 615. The summed E-state index contributed by atoms with van der Waals surface area (Å²) in [7, 11) is 0. The van der Waals surface area contributed by atoms with Gasteiger partial charge in [-0.25, -0.2) is 0 Å². The monoisotopic (exact) mass is 280 g/mol. The third kappa shape index (κ3) is 2.79. The minimum Gasteiger partial charge on any atom is -0.507 e. The van der Waals surface area contributed by atoms with E-state index in [0.29, 0.717) is 5.56 Å². The summed E-state index contributed by atoms with van der Waals surface area (Å²) < 4.78 is 38.5. The van der Waals surface area contributed by atoms with Crippen LogP contribution in [0.15, 0.2) is 42.5 Å². The average Bonchev–Trinajstić information content (AvgIpc) is 2.38. The highest BCUT2D eigenvalue weighted by atomic mass is 19.4. The van der Waals surface area contributed by atoms with E-state index in [1.807, 2.05) is 26.0 Å². The van der Waals surface area contributed by atoms with Crippen molar-refractivity contribution in [1.29, 1.82) is 0 Å². The van der Waals surface area contributed by atoms with Crippen LogP contribution < -0.4 is 0 Å². The molecular formula is C16H15F3O. The van der Waals surface area contributed by atoms with Crippen molar-refractivity contribution >= 4 is 0 Å². The molecule has 0 aliphatic heterocycles. The molecule has 0 aliphatic carbocycles. The first kappa shape index (κ1) is 14.4. The van der Waals surface area contributed by atoms with E-state index in [0.717, 1.165) is 23.3 Å². The van der Waals surface area contributed by atoms with Gasteiger partial charge in [-0.05, 0) is 34.7 Å². The average molecular weight is 280 g/mol. The van der Waals surface area contributed by atoms with Crippen molar-refractivity contribution in [2.75, 3.05) is 0 Å². The predicted molar refractivity (Wildman–Crippen MR) is 72.6 cm³/mol. The minimum absolute atomic E-state index is 0.203. The molecule has 0 radical (unpaired) electrons. The van der Waals surface area contributed by atoms with Crippen LogP contribution >= 0.6 is 0 Å². The summed E-state index contributed by atoms with van der Waals surface area (Å²) in [5.74, 6) is -0.544. The molecule has 0 heterocycles. The highest BCUT2D eigenvalue weighted by Crippen LogP contribution is 2.39. The molecule has 0 unspecified atom stereocenters. The van der Waals surface area contributed by atoms with Crippen molar-refractivity contribution in [2.45, 2.75) is 25.9 Å². The zero-order valence-corrected chi connectivity index (χ0v) is 11.2. The second-order valence-electron chi connectivity index (χ2n) is 4.97. The second kappa shape index (κ2) is 5.19. The minimum atomic E-state index is -4.56. The number of phenolic OH excluding ortho intramolecular Hbond substituents is 1. The van der Waals surface area contributed by atoms with Gasteiger partial charge in [-0.2, -0.15) is 13.2 Å². The highest BCUT2D eigenvalue weighted by Gasteiger charge is 2.34. The van der Waals surface area contributed by atoms with Crippen LogP contribution in [0, 0.1) is 0 Å². The van der Waals surface area contributed by atoms with Crippen LogP contribution in [0.4, 0.5) is 13.2 Å². The van der Waals surface area contributed by atoms with Crippen LogP contribution in [0.2, 0.25) is 0 Å². The standard InChI is InChI=1S/C16H15F3O/c1-10(2)12-5-3-4-6-13(12)11-7-8-15(20)14(9-11)16(17,18)19/h3-10,20H,1-2H3. The summed E-state index contributed by atoms with van der Waals surface area (Å²) in [5.41, 5.74) is 1.19. The van der Waals surface area contributed by atoms with Crippen LogP contribution in [0.5, 0.6) is 5.75 Å². The maximum absolute atomic E-state index is 12.8. The molecule has 0 fully saturated rings. The number of alkyl halides is 3. The van der Waals surface area contributed by atoms with Gasteiger partial charge >= 0.3 is 6.18 Å². The molecule has 0 amide bonds. The van der Waals surface area contributed by atoms with Crippen molar-refractivity contribution in [3.63, 3.8) is 0 Å². The summed E-state index contributed by atoms with van der Waals surface area (Å²) in [5, 5.41) is 9.38. The Morgan fingerprint density at radius 3 is 2.25 bits per heavy atom. The topological polar surface area (TPSA) is 20.2 Å². The second-order valence-corrected chi connectivity index (χ2v) is 4.97. The number of halogens is 3. The van der Waals surface area contributed by atoms with Crippen molar-refractivity contribution in [3.05, 3.63) is 53.6 Å². The molecule has 2 aromatic carbocycles. The third-order valence-corrected chi connectivity index (χ3v) is 3.20. The summed E-state index contributed by atoms with van der Waals surface area (Å²) in [6.45, 7) is 3.98. The number of benzene rings is 2. The molecule has 1 nitrogen and oxygen atoms in total. The molecular weight excluding hydrogens is 265 g/mol. The molecule has 0 saturated carbocycles. The van der Waals surface area contributed by atoms with Gasteiger partial charge in [0.25, 0.3) is 0 Å². The summed E-state index contributed by atoms with van der Waals surface area (Å²) in [6.07, 6.45) is -4.56. The van der Waals surface area contributed by atoms with Gasteiger partial charge < -0.3 is 5.11 Å². The van der Waals surface area contributed by atoms with Gasteiger partial charge in [0.2, 0.25) is 0 Å². The molecule has 0 aromatic heterocycles. The summed E-state index contributed by atoms with van der Waals surface area (Å²) in [4.78, 5) is 0. The van der Waals surface area contributed by atoms with Gasteiger partial charge in [0.15, 0.2) is 0 Å². The highest BCUT2D eigenvalue weighted by molar-refractivity contribution is 5.70. The molecule has 2 aromatic rings. The Balaban J connectivity index is 2.60. The van der Waals surface area contributed by atoms with Crippen molar-refractivity contribution in [1.82, 2.24) is 0 Å². The van der Waals surface area contributed by atoms with E-state index >= 15 is 0 Å². The molecule has 0 saturated heterocycles. The van der Waals surface area contributed by atoms with E-state index in [9.17, 15) is 18.3 Å². The SMILES string of the molecule is CC(C)c1ccccc1-c1ccc(O)c(C(F)(F)F)c1. The Hall–Kier alpha value is -1.97. The Labute approximate surface area is 115 Å². The lowest BCUT2D eigenvalue weighted by Gasteiger charge is -2.15. The number of rotatable bonds is 2. The van der Waals surface area contributed by atoms with Gasteiger partial charge in [0.05, 0.1) is 5.56 Å². The van der Waals surface area contributed by atoms with Gasteiger partial charge in [-0.1, -0.05) is 44.2 Å². The number of hydrogen-bond donors (Lipinski definition) is 1. The fourth-order valence-electron chi connectivity index (χ4n) is 2.19. The van der Waals surface area contributed by atoms with Crippen LogP contribution in [0.3, 0.4) is 0 Å². The lowest BCUT2D eigenvalue weighted by Crippen LogP contribution is -2.05. The van der Waals surface area contributed by atoms with Crippen molar-refractivity contribution in [2.24, 2.45) is 0 Å². The van der Waals surface area contributed by atoms with Gasteiger partial charge in [-0.3, -0.25) is 0 Å². The van der Waals surface area contributed by atoms with Crippen molar-refractivity contribution < 1.29 is 18.3 Å². The number of aromatic hydroxyl groups is 1. The molecule has 0 atom stereocenters. The zero-order valence-electron chi connectivity index (χ0n) is 11.2. The van der Waals surface area contributed by atoms with Gasteiger partial charge in [0, 0.05) is 0 Å². The first-order chi connectivity index (χ1) is 9.30. The van der Waals surface area contributed by atoms with E-state index in [4.69, 9.17) is 0 Å². The van der Waals surface area contributed by atoms with Gasteiger partial charge in [0.1, 0.15) is 5.75 Å². The van der Waals surface area contributed by atoms with Crippen molar-refractivity contribution in [3.8, 4) is 16.9 Å². The molecule has 20 heavy (non-hydrogen) atoms. The first-order valence-corrected chi connectivity index (χ1v) is 6.30. The van der Waals surface area contributed by atoms with Crippen LogP contribution in [0.25, 0.3) is 11.1 Å². The Morgan fingerprint density at radius 1 is 1.00 bits per heavy atom. The molecule has 0 bridgehead atoms. The zero-order chi connectivity index (χ0) is 14.9. The predicted octanol–water partition coefficient (Wildman–Crippen LogP) is 5.20. The molecule has 1 N–H and O–H groups in total. The largest absolute Gasteiger partial charge is 0.507 e. The lowest BCUT2D eigenvalue weighted by atomic mass is 9.92. The van der Waals surface area contributed by atoms with Crippen LogP contribution in [-0.2, 0) is 6.18 Å². The van der Waals surface area contributed by atoms with Crippen LogP contribution in [0.1, 0.15) is 30.9 Å². The summed E-state index contributed by atoms with van der Waals surface area (Å²) in [6, 6.07) is 10.9. The maximum atomic E-state index is 12.8.